The third-order valence-electron chi connectivity index (χ3n) is 2.55. The molecule has 1 unspecified atom stereocenters. The number of hydrogen-bond acceptors (Lipinski definition) is 3. The predicted octanol–water partition coefficient (Wildman–Crippen LogP) is 3.10. The zero-order chi connectivity index (χ0) is 11.6. The number of aryl methyl sites for hydroxylation is 2. The molecular weight excluding hydrogens is 206 g/mol. The van der Waals surface area contributed by atoms with Gasteiger partial charge >= 0.3 is 0 Å². The van der Waals surface area contributed by atoms with Crippen molar-refractivity contribution in [3.63, 3.8) is 0 Å². The largest absolute Gasteiger partial charge is 0.393 e. The maximum Gasteiger partial charge on any atom is 0.0936 e. The van der Waals surface area contributed by atoms with Crippen molar-refractivity contribution < 1.29 is 5.11 Å². The molecule has 0 spiro atoms. The van der Waals surface area contributed by atoms with E-state index in [4.69, 9.17) is 0 Å². The standard InChI is InChI=1S/C12H21NOS/c1-8(14)6-12(4,5)7-11-13-9(2)10(3)15-11/h8,14H,6-7H2,1-5H3. The summed E-state index contributed by atoms with van der Waals surface area (Å²) in [5, 5.41) is 10.6. The van der Waals surface area contributed by atoms with E-state index >= 15 is 0 Å². The first-order valence-corrected chi connectivity index (χ1v) is 6.23. The van der Waals surface area contributed by atoms with Crippen LogP contribution in [0, 0.1) is 19.3 Å². The number of aromatic nitrogens is 1. The molecule has 1 rings (SSSR count). The van der Waals surface area contributed by atoms with Gasteiger partial charge in [-0.15, -0.1) is 11.3 Å². The Hall–Kier alpha value is -0.410. The highest BCUT2D eigenvalue weighted by Gasteiger charge is 2.22. The van der Waals surface area contributed by atoms with E-state index in [1.807, 2.05) is 6.92 Å². The number of aliphatic hydroxyl groups excluding tert-OH is 1. The van der Waals surface area contributed by atoms with Crippen LogP contribution in [0.15, 0.2) is 0 Å². The van der Waals surface area contributed by atoms with Gasteiger partial charge in [-0.2, -0.15) is 0 Å². The molecule has 0 aromatic carbocycles. The van der Waals surface area contributed by atoms with E-state index in [-0.39, 0.29) is 11.5 Å². The molecular formula is C12H21NOS. The molecule has 1 atom stereocenters. The Balaban J connectivity index is 2.68. The predicted molar refractivity (Wildman–Crippen MR) is 65.4 cm³/mol. The Bertz CT molecular complexity index is 309. The molecule has 0 aliphatic rings. The SMILES string of the molecule is Cc1nc(CC(C)(C)CC(C)O)sc1C. The molecule has 2 nitrogen and oxygen atoms in total. The third-order valence-corrected chi connectivity index (χ3v) is 3.62. The lowest BCUT2D eigenvalue weighted by Crippen LogP contribution is -2.20. The monoisotopic (exact) mass is 227 g/mol. The molecule has 0 fully saturated rings. The highest BCUT2D eigenvalue weighted by molar-refractivity contribution is 7.11. The van der Waals surface area contributed by atoms with Crippen LogP contribution >= 0.6 is 11.3 Å². The van der Waals surface area contributed by atoms with Crippen LogP contribution in [0.5, 0.6) is 0 Å². The molecule has 0 bridgehead atoms. The molecule has 0 amide bonds. The number of rotatable bonds is 4. The van der Waals surface area contributed by atoms with E-state index in [2.05, 4.69) is 32.7 Å². The van der Waals surface area contributed by atoms with Crippen LogP contribution in [-0.4, -0.2) is 16.2 Å². The van der Waals surface area contributed by atoms with Gasteiger partial charge < -0.3 is 5.11 Å². The highest BCUT2D eigenvalue weighted by atomic mass is 32.1. The van der Waals surface area contributed by atoms with Gasteiger partial charge in [-0.1, -0.05) is 13.8 Å². The van der Waals surface area contributed by atoms with Gasteiger partial charge in [0.15, 0.2) is 0 Å². The summed E-state index contributed by atoms with van der Waals surface area (Å²) in [6, 6.07) is 0. The second-order valence-electron chi connectivity index (χ2n) is 5.14. The summed E-state index contributed by atoms with van der Waals surface area (Å²) in [5.41, 5.74) is 1.27. The van der Waals surface area contributed by atoms with Gasteiger partial charge in [-0.3, -0.25) is 0 Å². The number of nitrogens with zero attached hydrogens (tertiary/aromatic N) is 1. The molecule has 3 heteroatoms. The molecule has 86 valence electrons. The number of aliphatic hydroxyl groups is 1. The average Bonchev–Trinajstić information content (AvgIpc) is 2.25. The first kappa shape index (κ1) is 12.7. The third kappa shape index (κ3) is 3.92. The Labute approximate surface area is 96.4 Å². The fourth-order valence-electron chi connectivity index (χ4n) is 1.90. The van der Waals surface area contributed by atoms with E-state index in [1.165, 1.54) is 9.88 Å². The fourth-order valence-corrected chi connectivity index (χ4v) is 3.09. The topological polar surface area (TPSA) is 33.1 Å². The van der Waals surface area contributed by atoms with E-state index < -0.39 is 0 Å². The van der Waals surface area contributed by atoms with Gasteiger partial charge in [0.25, 0.3) is 0 Å². The number of thiazole rings is 1. The Morgan fingerprint density at radius 2 is 2.00 bits per heavy atom. The Morgan fingerprint density at radius 1 is 1.40 bits per heavy atom. The first-order valence-electron chi connectivity index (χ1n) is 5.41. The summed E-state index contributed by atoms with van der Waals surface area (Å²) < 4.78 is 0. The lowest BCUT2D eigenvalue weighted by atomic mass is 9.84. The summed E-state index contributed by atoms with van der Waals surface area (Å²) in [5.74, 6) is 0. The molecule has 0 aliphatic heterocycles. The van der Waals surface area contributed by atoms with Crippen molar-refractivity contribution in [1.82, 2.24) is 4.98 Å². The maximum absolute atomic E-state index is 9.41. The van der Waals surface area contributed by atoms with Gasteiger partial charge in [-0.05, 0) is 32.6 Å². The second-order valence-corrected chi connectivity index (χ2v) is 6.43. The smallest absolute Gasteiger partial charge is 0.0936 e. The van der Waals surface area contributed by atoms with Crippen molar-refractivity contribution in [1.29, 1.82) is 0 Å². The van der Waals surface area contributed by atoms with Gasteiger partial charge in [0.05, 0.1) is 16.8 Å². The molecule has 1 aromatic heterocycles. The molecule has 0 saturated carbocycles. The van der Waals surface area contributed by atoms with E-state index in [1.54, 1.807) is 11.3 Å². The van der Waals surface area contributed by atoms with Gasteiger partial charge in [-0.25, -0.2) is 4.98 Å². The first-order chi connectivity index (χ1) is 6.80. The summed E-state index contributed by atoms with van der Waals surface area (Å²) in [7, 11) is 0. The minimum absolute atomic E-state index is 0.130. The summed E-state index contributed by atoms with van der Waals surface area (Å²) in [4.78, 5) is 5.84. The van der Waals surface area contributed by atoms with Crippen LogP contribution in [0.1, 0.15) is 42.8 Å². The van der Waals surface area contributed by atoms with Crippen molar-refractivity contribution in [2.24, 2.45) is 5.41 Å². The van der Waals surface area contributed by atoms with Crippen molar-refractivity contribution in [3.05, 3.63) is 15.6 Å². The fraction of sp³-hybridized carbons (Fsp3) is 0.750. The van der Waals surface area contributed by atoms with E-state index in [9.17, 15) is 5.11 Å². The van der Waals surface area contributed by atoms with Crippen LogP contribution in [-0.2, 0) is 6.42 Å². The van der Waals surface area contributed by atoms with Gasteiger partial charge in [0.2, 0.25) is 0 Å². The number of hydrogen-bond donors (Lipinski definition) is 1. The average molecular weight is 227 g/mol. The molecule has 0 aliphatic carbocycles. The zero-order valence-corrected chi connectivity index (χ0v) is 11.1. The lowest BCUT2D eigenvalue weighted by molar-refractivity contribution is 0.129. The van der Waals surface area contributed by atoms with Gasteiger partial charge in [0.1, 0.15) is 0 Å². The Kier molecular flexibility index (Phi) is 3.90. The van der Waals surface area contributed by atoms with Crippen LogP contribution in [0.4, 0.5) is 0 Å². The maximum atomic E-state index is 9.41. The normalized spacial score (nSPS) is 14.3. The molecule has 1 N–H and O–H groups in total. The second kappa shape index (κ2) is 4.62. The van der Waals surface area contributed by atoms with E-state index in [0.29, 0.717) is 0 Å². The van der Waals surface area contributed by atoms with Crippen molar-refractivity contribution in [3.8, 4) is 0 Å². The van der Waals surface area contributed by atoms with Crippen LogP contribution in [0.25, 0.3) is 0 Å². The highest BCUT2D eigenvalue weighted by Crippen LogP contribution is 2.30. The van der Waals surface area contributed by atoms with Crippen molar-refractivity contribution in [2.75, 3.05) is 0 Å². The van der Waals surface area contributed by atoms with Crippen molar-refractivity contribution in [2.45, 2.75) is 53.6 Å². The van der Waals surface area contributed by atoms with E-state index in [0.717, 1.165) is 18.5 Å². The molecule has 1 heterocycles. The Morgan fingerprint density at radius 3 is 2.40 bits per heavy atom. The lowest BCUT2D eigenvalue weighted by Gasteiger charge is -2.24. The molecule has 1 aromatic rings. The van der Waals surface area contributed by atoms with Gasteiger partial charge in [0, 0.05) is 11.3 Å². The summed E-state index contributed by atoms with van der Waals surface area (Å²) in [6.07, 6.45) is 1.55. The van der Waals surface area contributed by atoms with Crippen molar-refractivity contribution >= 4 is 11.3 Å². The minimum atomic E-state index is -0.234. The quantitative estimate of drug-likeness (QED) is 0.857. The van der Waals surface area contributed by atoms with Crippen LogP contribution < -0.4 is 0 Å². The van der Waals surface area contributed by atoms with Crippen LogP contribution in [0.3, 0.4) is 0 Å². The summed E-state index contributed by atoms with van der Waals surface area (Å²) >= 11 is 1.78. The molecule has 15 heavy (non-hydrogen) atoms. The molecule has 0 radical (unpaired) electrons. The minimum Gasteiger partial charge on any atom is -0.393 e. The summed E-state index contributed by atoms with van der Waals surface area (Å²) in [6.45, 7) is 10.4. The zero-order valence-electron chi connectivity index (χ0n) is 10.3. The molecule has 0 saturated heterocycles. The van der Waals surface area contributed by atoms with Crippen LogP contribution in [0.2, 0.25) is 0 Å².